The molecule has 0 aliphatic heterocycles. The van der Waals surface area contributed by atoms with Gasteiger partial charge in [-0.2, -0.15) is 0 Å². The Kier molecular flexibility index (Phi) is 6.90. The van der Waals surface area contributed by atoms with Crippen LogP contribution in [0.15, 0.2) is 71.1 Å². The molecule has 5 aromatic rings. The minimum absolute atomic E-state index is 0.340. The molecule has 182 valence electrons. The number of anilines is 1. The number of fused-ring (bicyclic) bond motifs is 3. The lowest BCUT2D eigenvalue weighted by molar-refractivity contribution is -0.119. The molecule has 0 fully saturated rings. The Morgan fingerprint density at radius 2 is 1.81 bits per heavy atom. The van der Waals surface area contributed by atoms with Crippen LogP contribution in [0.1, 0.15) is 17.3 Å². The minimum atomic E-state index is -0.579. The summed E-state index contributed by atoms with van der Waals surface area (Å²) < 4.78 is 10.6. The van der Waals surface area contributed by atoms with E-state index in [9.17, 15) is 9.59 Å². The number of hydrogen-bond acceptors (Lipinski definition) is 7. The fraction of sp³-hybridized carbons (Fsp3) is 0.154. The van der Waals surface area contributed by atoms with E-state index in [4.69, 9.17) is 17.0 Å². The lowest BCUT2D eigenvalue weighted by Crippen LogP contribution is -2.20. The number of hydrogen-bond donors (Lipinski definition) is 1. The van der Waals surface area contributed by atoms with Crippen molar-refractivity contribution in [2.45, 2.75) is 17.8 Å². The Morgan fingerprint density at radius 3 is 2.53 bits per heavy atom. The molecule has 1 N–H and O–H groups in total. The van der Waals surface area contributed by atoms with Gasteiger partial charge in [-0.25, -0.2) is 9.48 Å². The van der Waals surface area contributed by atoms with Crippen molar-refractivity contribution in [2.75, 3.05) is 18.2 Å². The topological polar surface area (TPSA) is 78.2 Å². The molecule has 0 saturated heterocycles. The molecule has 0 aliphatic carbocycles. The average molecular weight is 535 g/mol. The Hall–Kier alpha value is -3.47. The van der Waals surface area contributed by atoms with Crippen LogP contribution >= 0.6 is 35.3 Å². The number of aromatic nitrogens is 3. The third-order valence-corrected chi connectivity index (χ3v) is 7.97. The first-order valence-electron chi connectivity index (χ1n) is 11.2. The Balaban J connectivity index is 1.24. The first-order valence-corrected chi connectivity index (χ1v) is 13.7. The van der Waals surface area contributed by atoms with Crippen LogP contribution in [0.5, 0.6) is 0 Å². The summed E-state index contributed by atoms with van der Waals surface area (Å²) in [5.74, 6) is -0.984. The first kappa shape index (κ1) is 24.2. The van der Waals surface area contributed by atoms with Gasteiger partial charge in [-0.05, 0) is 73.9 Å². The zero-order valence-corrected chi connectivity index (χ0v) is 22.0. The van der Waals surface area contributed by atoms with Crippen LogP contribution < -0.4 is 5.32 Å². The van der Waals surface area contributed by atoms with E-state index in [-0.39, 0.29) is 6.61 Å². The number of thioether (sulfide) groups is 1. The predicted molar refractivity (Wildman–Crippen MR) is 148 cm³/mol. The van der Waals surface area contributed by atoms with E-state index < -0.39 is 11.9 Å². The lowest BCUT2D eigenvalue weighted by Gasteiger charge is -2.08. The molecule has 1 amide bonds. The van der Waals surface area contributed by atoms with E-state index in [0.717, 1.165) is 38.4 Å². The van der Waals surface area contributed by atoms with Crippen molar-refractivity contribution < 1.29 is 14.3 Å². The van der Waals surface area contributed by atoms with E-state index >= 15 is 0 Å². The summed E-state index contributed by atoms with van der Waals surface area (Å²) in [4.78, 5) is 25.0. The van der Waals surface area contributed by atoms with Crippen molar-refractivity contribution in [2.24, 2.45) is 0 Å². The molecule has 0 unspecified atom stereocenters. The fourth-order valence-electron chi connectivity index (χ4n) is 4.13. The van der Waals surface area contributed by atoms with Crippen LogP contribution in [0.3, 0.4) is 0 Å². The highest BCUT2D eigenvalue weighted by Crippen LogP contribution is 2.31. The molecule has 10 heteroatoms. The molecule has 0 aliphatic rings. The number of para-hydroxylation sites is 1. The monoisotopic (exact) mass is 534 g/mol. The van der Waals surface area contributed by atoms with Crippen molar-refractivity contribution in [3.63, 3.8) is 0 Å². The quantitative estimate of drug-likeness (QED) is 0.150. The summed E-state index contributed by atoms with van der Waals surface area (Å²) >= 11 is 8.31. The summed E-state index contributed by atoms with van der Waals surface area (Å²) in [5, 5.41) is 9.46. The fourth-order valence-corrected chi connectivity index (χ4v) is 5.91. The SMILES string of the molecule is CCn1c2ccccc2c2cc(NC(=O)COC(=O)c3ccc(-n4nc(SC)sc4=S)cc3)ccc21. The van der Waals surface area contributed by atoms with Gasteiger partial charge in [0.25, 0.3) is 5.91 Å². The van der Waals surface area contributed by atoms with Gasteiger partial charge >= 0.3 is 5.97 Å². The van der Waals surface area contributed by atoms with Crippen LogP contribution in [0, 0.1) is 3.95 Å². The molecule has 0 radical (unpaired) electrons. The maximum atomic E-state index is 12.5. The molecule has 0 spiro atoms. The van der Waals surface area contributed by atoms with Crippen LogP contribution in [0.4, 0.5) is 5.69 Å². The Labute approximate surface area is 220 Å². The number of amides is 1. The molecule has 36 heavy (non-hydrogen) atoms. The molecule has 5 rings (SSSR count). The van der Waals surface area contributed by atoms with Gasteiger partial charge in [0, 0.05) is 34.0 Å². The Bertz CT molecular complexity index is 1650. The van der Waals surface area contributed by atoms with Gasteiger partial charge in [-0.1, -0.05) is 41.3 Å². The molecule has 0 bridgehead atoms. The van der Waals surface area contributed by atoms with E-state index in [0.29, 0.717) is 15.2 Å². The van der Waals surface area contributed by atoms with Gasteiger partial charge in [0.2, 0.25) is 0 Å². The van der Waals surface area contributed by atoms with Crippen molar-refractivity contribution in [3.8, 4) is 5.69 Å². The van der Waals surface area contributed by atoms with E-state index in [1.54, 1.807) is 28.9 Å². The highest BCUT2D eigenvalue weighted by atomic mass is 32.2. The molecular formula is C26H22N4O3S3. The molecule has 7 nitrogen and oxygen atoms in total. The number of aryl methyl sites for hydroxylation is 1. The van der Waals surface area contributed by atoms with Gasteiger partial charge in [0.05, 0.1) is 11.3 Å². The first-order chi connectivity index (χ1) is 17.5. The summed E-state index contributed by atoms with van der Waals surface area (Å²) in [6.45, 7) is 2.57. The van der Waals surface area contributed by atoms with Crippen molar-refractivity contribution in [1.82, 2.24) is 14.3 Å². The molecule has 2 heterocycles. The zero-order chi connectivity index (χ0) is 25.2. The Morgan fingerprint density at radius 1 is 1.06 bits per heavy atom. The highest BCUT2D eigenvalue weighted by Gasteiger charge is 2.14. The van der Waals surface area contributed by atoms with Gasteiger partial charge in [0.1, 0.15) is 0 Å². The second-order valence-corrected chi connectivity index (χ2v) is 10.6. The smallest absolute Gasteiger partial charge is 0.338 e. The molecular weight excluding hydrogens is 513 g/mol. The van der Waals surface area contributed by atoms with E-state index in [1.807, 2.05) is 36.6 Å². The van der Waals surface area contributed by atoms with Crippen LogP contribution in [0.2, 0.25) is 0 Å². The van der Waals surface area contributed by atoms with Gasteiger partial charge in [0.15, 0.2) is 14.9 Å². The standard InChI is InChI=1S/C26H22N4O3S3/c1-3-29-21-7-5-4-6-19(21)20-14-17(10-13-22(20)29)27-23(31)15-33-24(32)16-8-11-18(12-9-16)30-26(34)36-25(28-30)35-2/h4-14H,3,15H2,1-2H3,(H,27,31). The second-order valence-electron chi connectivity index (χ2n) is 7.91. The summed E-state index contributed by atoms with van der Waals surface area (Å²) in [7, 11) is 0. The maximum absolute atomic E-state index is 12.5. The minimum Gasteiger partial charge on any atom is -0.452 e. The maximum Gasteiger partial charge on any atom is 0.338 e. The number of rotatable bonds is 7. The molecule has 0 atom stereocenters. The number of nitrogens with one attached hydrogen (secondary N) is 1. The van der Waals surface area contributed by atoms with Crippen LogP contribution in [-0.2, 0) is 16.1 Å². The third-order valence-electron chi connectivity index (χ3n) is 5.76. The largest absolute Gasteiger partial charge is 0.452 e. The molecule has 3 aromatic carbocycles. The van der Waals surface area contributed by atoms with Crippen molar-refractivity contribution in [1.29, 1.82) is 0 Å². The summed E-state index contributed by atoms with van der Waals surface area (Å²) in [5.41, 5.74) is 4.00. The van der Waals surface area contributed by atoms with Gasteiger partial charge in [-0.15, -0.1) is 5.10 Å². The zero-order valence-electron chi connectivity index (χ0n) is 19.6. The predicted octanol–water partition coefficient (Wildman–Crippen LogP) is 6.31. The highest BCUT2D eigenvalue weighted by molar-refractivity contribution is 8.00. The number of esters is 1. The summed E-state index contributed by atoms with van der Waals surface area (Å²) in [6.07, 6.45) is 1.94. The number of carbonyl (C=O) groups is 2. The van der Waals surface area contributed by atoms with Crippen LogP contribution in [0.25, 0.3) is 27.5 Å². The molecule has 0 saturated carbocycles. The average Bonchev–Trinajstić information content (AvgIpc) is 3.44. The van der Waals surface area contributed by atoms with Gasteiger partial charge < -0.3 is 14.6 Å². The molecule has 2 aromatic heterocycles. The third kappa shape index (κ3) is 4.67. The second kappa shape index (κ2) is 10.3. The summed E-state index contributed by atoms with van der Waals surface area (Å²) in [6, 6.07) is 20.8. The van der Waals surface area contributed by atoms with Crippen molar-refractivity contribution >= 4 is 74.7 Å². The van der Waals surface area contributed by atoms with Gasteiger partial charge in [-0.3, -0.25) is 4.79 Å². The number of carbonyl (C=O) groups excluding carboxylic acids is 2. The number of benzene rings is 3. The number of ether oxygens (including phenoxy) is 1. The lowest BCUT2D eigenvalue weighted by atomic mass is 10.1. The van der Waals surface area contributed by atoms with E-state index in [1.165, 1.54) is 23.1 Å². The van der Waals surface area contributed by atoms with Crippen molar-refractivity contribution in [3.05, 3.63) is 76.2 Å². The normalized spacial score (nSPS) is 11.2. The van der Waals surface area contributed by atoms with Crippen LogP contribution in [-0.4, -0.2) is 39.1 Å². The number of nitrogens with zero attached hydrogens (tertiary/aromatic N) is 3. The van der Waals surface area contributed by atoms with E-state index in [2.05, 4.69) is 34.0 Å².